The van der Waals surface area contributed by atoms with Crippen molar-refractivity contribution in [2.75, 3.05) is 29.0 Å². The Morgan fingerprint density at radius 1 is 1.21 bits per heavy atom. The number of hydrogen-bond donors (Lipinski definition) is 3. The SMILES string of the molecule is Nc1nc(Nc2ccccc2)nn1-c1ncc(F)c(N2CCC[C@@H]2C(=O)NCC(F)(F)F)n1. The van der Waals surface area contributed by atoms with Gasteiger partial charge in [-0.1, -0.05) is 18.2 Å². The molecule has 3 aromatic rings. The number of nitrogens with zero attached hydrogens (tertiary/aromatic N) is 6. The first-order chi connectivity index (χ1) is 15.7. The van der Waals surface area contributed by atoms with Gasteiger partial charge in [-0.25, -0.2) is 9.37 Å². The van der Waals surface area contributed by atoms with E-state index in [2.05, 4.69) is 25.4 Å². The number of nitrogen functional groups attached to an aromatic ring is 1. The number of carbonyl (C=O) groups is 1. The molecule has 1 atom stereocenters. The summed E-state index contributed by atoms with van der Waals surface area (Å²) >= 11 is 0. The lowest BCUT2D eigenvalue weighted by atomic mass is 10.2. The molecule has 10 nitrogen and oxygen atoms in total. The molecule has 0 unspecified atom stereocenters. The van der Waals surface area contributed by atoms with Crippen LogP contribution in [0.2, 0.25) is 0 Å². The van der Waals surface area contributed by atoms with Gasteiger partial charge in [0.1, 0.15) is 12.6 Å². The molecule has 0 saturated carbocycles. The summed E-state index contributed by atoms with van der Waals surface area (Å²) in [6.07, 6.45) is -2.95. The Labute approximate surface area is 184 Å². The Morgan fingerprint density at radius 3 is 2.70 bits per heavy atom. The highest BCUT2D eigenvalue weighted by atomic mass is 19.4. The van der Waals surface area contributed by atoms with Crippen LogP contribution in [0.4, 0.5) is 41.0 Å². The third kappa shape index (κ3) is 5.10. The van der Waals surface area contributed by atoms with E-state index in [0.29, 0.717) is 12.1 Å². The van der Waals surface area contributed by atoms with Crippen LogP contribution in [0.15, 0.2) is 36.5 Å². The van der Waals surface area contributed by atoms with Crippen molar-refractivity contribution in [3.8, 4) is 5.95 Å². The van der Waals surface area contributed by atoms with E-state index in [-0.39, 0.29) is 36.6 Å². The van der Waals surface area contributed by atoms with Gasteiger partial charge >= 0.3 is 6.18 Å². The maximum Gasteiger partial charge on any atom is 0.405 e. The predicted molar refractivity (Wildman–Crippen MR) is 110 cm³/mol. The normalized spacial score (nSPS) is 16.1. The molecule has 1 aromatic carbocycles. The summed E-state index contributed by atoms with van der Waals surface area (Å²) in [4.78, 5) is 25.7. The van der Waals surface area contributed by atoms with Gasteiger partial charge in [0.05, 0.1) is 6.20 Å². The summed E-state index contributed by atoms with van der Waals surface area (Å²) in [5.74, 6) is -1.98. The molecule has 0 aliphatic carbocycles. The molecule has 1 aliphatic heterocycles. The van der Waals surface area contributed by atoms with Crippen molar-refractivity contribution in [1.29, 1.82) is 0 Å². The van der Waals surface area contributed by atoms with Crippen LogP contribution in [-0.2, 0) is 4.79 Å². The van der Waals surface area contributed by atoms with Crippen molar-refractivity contribution in [3.63, 3.8) is 0 Å². The number of anilines is 4. The minimum Gasteiger partial charge on any atom is -0.368 e. The van der Waals surface area contributed by atoms with Crippen molar-refractivity contribution < 1.29 is 22.4 Å². The number of para-hydroxylation sites is 1. The van der Waals surface area contributed by atoms with Crippen LogP contribution >= 0.6 is 0 Å². The second kappa shape index (κ2) is 8.88. The zero-order valence-electron chi connectivity index (χ0n) is 17.1. The predicted octanol–water partition coefficient (Wildman–Crippen LogP) is 2.17. The highest BCUT2D eigenvalue weighted by Gasteiger charge is 2.36. The molecule has 1 saturated heterocycles. The van der Waals surface area contributed by atoms with E-state index >= 15 is 0 Å². The fraction of sp³-hybridized carbons (Fsp3) is 0.316. The minimum atomic E-state index is -4.55. The molecular weight excluding hydrogens is 446 g/mol. The van der Waals surface area contributed by atoms with Gasteiger partial charge in [-0.3, -0.25) is 4.79 Å². The number of nitrogens with two attached hydrogens (primary N) is 1. The number of aromatic nitrogens is 5. The first-order valence-corrected chi connectivity index (χ1v) is 9.90. The first-order valence-electron chi connectivity index (χ1n) is 9.90. The summed E-state index contributed by atoms with van der Waals surface area (Å²) in [5.41, 5.74) is 6.62. The average Bonchev–Trinajstić information content (AvgIpc) is 3.39. The Hall–Kier alpha value is -3.97. The molecule has 4 N–H and O–H groups in total. The lowest BCUT2D eigenvalue weighted by molar-refractivity contribution is -0.139. The third-order valence-corrected chi connectivity index (χ3v) is 4.86. The van der Waals surface area contributed by atoms with Gasteiger partial charge in [-0.2, -0.15) is 27.8 Å². The molecular formula is C19H19F4N9O. The molecule has 3 heterocycles. The van der Waals surface area contributed by atoms with E-state index in [9.17, 15) is 22.4 Å². The van der Waals surface area contributed by atoms with Crippen LogP contribution in [0, 0.1) is 5.82 Å². The smallest absolute Gasteiger partial charge is 0.368 e. The lowest BCUT2D eigenvalue weighted by Gasteiger charge is -2.25. The molecule has 0 bridgehead atoms. The first kappa shape index (κ1) is 22.2. The Morgan fingerprint density at radius 2 is 1.97 bits per heavy atom. The monoisotopic (exact) mass is 465 g/mol. The van der Waals surface area contributed by atoms with E-state index < -0.39 is 30.5 Å². The van der Waals surface area contributed by atoms with Gasteiger partial charge in [0.25, 0.3) is 5.95 Å². The van der Waals surface area contributed by atoms with E-state index in [0.717, 1.165) is 10.9 Å². The second-order valence-corrected chi connectivity index (χ2v) is 7.22. The number of amides is 1. The van der Waals surface area contributed by atoms with Crippen LogP contribution in [0.5, 0.6) is 0 Å². The number of benzene rings is 1. The molecule has 33 heavy (non-hydrogen) atoms. The topological polar surface area (TPSA) is 127 Å². The number of carbonyl (C=O) groups excluding carboxylic acids is 1. The van der Waals surface area contributed by atoms with E-state index in [1.807, 2.05) is 23.5 Å². The summed E-state index contributed by atoms with van der Waals surface area (Å²) in [6, 6.07) is 8.05. The lowest BCUT2D eigenvalue weighted by Crippen LogP contribution is -2.46. The van der Waals surface area contributed by atoms with Gasteiger partial charge in [-0.15, -0.1) is 5.10 Å². The Bertz CT molecular complexity index is 1140. The number of rotatable bonds is 6. The largest absolute Gasteiger partial charge is 0.405 e. The van der Waals surface area contributed by atoms with Gasteiger partial charge in [0, 0.05) is 12.2 Å². The van der Waals surface area contributed by atoms with Crippen LogP contribution in [0.1, 0.15) is 12.8 Å². The highest BCUT2D eigenvalue weighted by molar-refractivity contribution is 5.85. The molecule has 174 valence electrons. The van der Waals surface area contributed by atoms with Gasteiger partial charge in [0.15, 0.2) is 11.6 Å². The molecule has 0 radical (unpaired) electrons. The van der Waals surface area contributed by atoms with E-state index in [1.54, 1.807) is 12.1 Å². The van der Waals surface area contributed by atoms with Gasteiger partial charge in [0.2, 0.25) is 17.8 Å². The van der Waals surface area contributed by atoms with E-state index in [4.69, 9.17) is 5.73 Å². The van der Waals surface area contributed by atoms with Crippen LogP contribution in [0.3, 0.4) is 0 Å². The van der Waals surface area contributed by atoms with Crippen LogP contribution in [0.25, 0.3) is 5.95 Å². The maximum absolute atomic E-state index is 14.6. The molecule has 14 heteroatoms. The zero-order chi connectivity index (χ0) is 23.6. The molecule has 1 aliphatic rings. The standard InChI is InChI=1S/C19H19F4N9O/c20-12-9-25-18(32-16(24)29-17(30-32)27-11-5-2-1-3-6-11)28-14(12)31-8-4-7-13(31)15(33)26-10-19(21,22)23/h1-3,5-6,9,13H,4,7-8,10H2,(H,26,33)(H3,24,27,29,30)/t13-/m1/s1. The summed E-state index contributed by atoms with van der Waals surface area (Å²) in [6.45, 7) is -1.24. The molecule has 2 aromatic heterocycles. The molecule has 1 fully saturated rings. The van der Waals surface area contributed by atoms with Crippen molar-refractivity contribution in [2.45, 2.75) is 25.1 Å². The zero-order valence-corrected chi connectivity index (χ0v) is 17.1. The minimum absolute atomic E-state index is 0.0770. The number of hydrogen-bond acceptors (Lipinski definition) is 8. The van der Waals surface area contributed by atoms with Gasteiger partial charge in [-0.05, 0) is 25.0 Å². The summed E-state index contributed by atoms with van der Waals surface area (Å²) in [7, 11) is 0. The number of nitrogens with one attached hydrogen (secondary N) is 2. The number of halogens is 4. The van der Waals surface area contributed by atoms with Crippen molar-refractivity contribution in [2.24, 2.45) is 0 Å². The quantitative estimate of drug-likeness (QED) is 0.473. The fourth-order valence-corrected chi connectivity index (χ4v) is 3.43. The molecule has 4 rings (SSSR count). The Balaban J connectivity index is 1.57. The van der Waals surface area contributed by atoms with Gasteiger partial charge < -0.3 is 21.3 Å². The van der Waals surface area contributed by atoms with Crippen LogP contribution in [-0.4, -0.2) is 55.9 Å². The fourth-order valence-electron chi connectivity index (χ4n) is 3.43. The molecule has 1 amide bonds. The van der Waals surface area contributed by atoms with Crippen molar-refractivity contribution in [3.05, 3.63) is 42.3 Å². The molecule has 0 spiro atoms. The van der Waals surface area contributed by atoms with E-state index in [1.165, 1.54) is 4.90 Å². The van der Waals surface area contributed by atoms with Crippen LogP contribution < -0.4 is 21.3 Å². The van der Waals surface area contributed by atoms with Crippen molar-refractivity contribution in [1.82, 2.24) is 30.0 Å². The third-order valence-electron chi connectivity index (χ3n) is 4.86. The average molecular weight is 465 g/mol. The maximum atomic E-state index is 14.6. The second-order valence-electron chi connectivity index (χ2n) is 7.22. The highest BCUT2D eigenvalue weighted by Crippen LogP contribution is 2.27. The number of alkyl halides is 3. The summed E-state index contributed by atoms with van der Waals surface area (Å²) in [5, 5.41) is 8.98. The Kier molecular flexibility index (Phi) is 5.98. The summed E-state index contributed by atoms with van der Waals surface area (Å²) < 4.78 is 53.1. The van der Waals surface area contributed by atoms with Crippen molar-refractivity contribution >= 4 is 29.3 Å².